The number of allylic oxidation sites excluding steroid dienone is 1. The van der Waals surface area contributed by atoms with Crippen molar-refractivity contribution in [1.82, 2.24) is 10.2 Å². The predicted molar refractivity (Wildman–Crippen MR) is 111 cm³/mol. The predicted octanol–water partition coefficient (Wildman–Crippen LogP) is 3.91. The van der Waals surface area contributed by atoms with E-state index in [1.807, 2.05) is 62.4 Å². The van der Waals surface area contributed by atoms with Crippen molar-refractivity contribution in [2.24, 2.45) is 5.73 Å². The molecule has 0 saturated carbocycles. The van der Waals surface area contributed by atoms with Gasteiger partial charge in [-0.05, 0) is 25.5 Å². The van der Waals surface area contributed by atoms with Crippen molar-refractivity contribution >= 4 is 0 Å². The highest BCUT2D eigenvalue weighted by molar-refractivity contribution is 5.60. The smallest absolute Gasteiger partial charge is 0.244 e. The van der Waals surface area contributed by atoms with Crippen molar-refractivity contribution < 1.29 is 14.2 Å². The van der Waals surface area contributed by atoms with E-state index in [4.69, 9.17) is 19.9 Å². The molecule has 3 aromatic rings. The third-order valence-electron chi connectivity index (χ3n) is 4.98. The maximum atomic E-state index is 9.85. The standard InChI is InChI=1S/C23H22N4O3/c1-3-28-18-11-7-10-16(21(18)29-13-15-8-5-4-6-9-15)20-17(12-24)22(25)30-23-19(20)14(2)26-27-23/h4-11,20H,3,13,25H2,1-2H3,(H,26,27)/t20-/m0/s1. The lowest BCUT2D eigenvalue weighted by Gasteiger charge is -2.26. The maximum absolute atomic E-state index is 9.85. The van der Waals surface area contributed by atoms with Gasteiger partial charge in [-0.15, -0.1) is 5.10 Å². The monoisotopic (exact) mass is 402 g/mol. The second kappa shape index (κ2) is 8.21. The van der Waals surface area contributed by atoms with E-state index < -0.39 is 5.92 Å². The Morgan fingerprint density at radius 1 is 1.17 bits per heavy atom. The molecule has 0 aliphatic carbocycles. The Morgan fingerprint density at radius 2 is 1.97 bits per heavy atom. The van der Waals surface area contributed by atoms with Gasteiger partial charge in [0, 0.05) is 16.8 Å². The molecule has 0 amide bonds. The number of hydrogen-bond donors (Lipinski definition) is 2. The van der Waals surface area contributed by atoms with Crippen LogP contribution in [0.4, 0.5) is 0 Å². The zero-order valence-electron chi connectivity index (χ0n) is 16.8. The summed E-state index contributed by atoms with van der Waals surface area (Å²) in [6.07, 6.45) is 0. The lowest BCUT2D eigenvalue weighted by molar-refractivity contribution is 0.266. The zero-order valence-corrected chi connectivity index (χ0v) is 16.8. The molecule has 7 nitrogen and oxygen atoms in total. The molecule has 0 fully saturated rings. The number of H-pyrrole nitrogens is 1. The molecule has 7 heteroatoms. The summed E-state index contributed by atoms with van der Waals surface area (Å²) < 4.78 is 17.7. The van der Waals surface area contributed by atoms with Crippen LogP contribution in [0.1, 0.15) is 35.2 Å². The number of benzene rings is 2. The molecule has 4 rings (SSSR count). The van der Waals surface area contributed by atoms with E-state index in [9.17, 15) is 5.26 Å². The van der Waals surface area contributed by atoms with Gasteiger partial charge in [-0.2, -0.15) is 5.26 Å². The second-order valence-electron chi connectivity index (χ2n) is 6.87. The molecule has 1 aliphatic heterocycles. The number of aromatic amines is 1. The number of hydrogen-bond acceptors (Lipinski definition) is 6. The van der Waals surface area contributed by atoms with E-state index in [0.29, 0.717) is 36.2 Å². The summed E-state index contributed by atoms with van der Waals surface area (Å²) in [4.78, 5) is 0. The highest BCUT2D eigenvalue weighted by Crippen LogP contribution is 2.47. The minimum absolute atomic E-state index is 0.0392. The number of nitrogens with one attached hydrogen (secondary N) is 1. The van der Waals surface area contributed by atoms with Crippen LogP contribution < -0.4 is 19.9 Å². The minimum Gasteiger partial charge on any atom is -0.490 e. The van der Waals surface area contributed by atoms with E-state index in [1.54, 1.807) is 0 Å². The first-order valence-electron chi connectivity index (χ1n) is 9.68. The van der Waals surface area contributed by atoms with Crippen LogP contribution in [-0.2, 0) is 6.61 Å². The van der Waals surface area contributed by atoms with Crippen LogP contribution in [0, 0.1) is 18.3 Å². The van der Waals surface area contributed by atoms with Crippen LogP contribution in [0.25, 0.3) is 0 Å². The summed E-state index contributed by atoms with van der Waals surface area (Å²) in [7, 11) is 0. The first kappa shape index (κ1) is 19.4. The Bertz CT molecular complexity index is 1130. The van der Waals surface area contributed by atoms with E-state index in [0.717, 1.165) is 22.4 Å². The zero-order chi connectivity index (χ0) is 21.1. The molecule has 0 unspecified atom stereocenters. The summed E-state index contributed by atoms with van der Waals surface area (Å²) in [5, 5.41) is 17.0. The number of nitrogens with zero attached hydrogens (tertiary/aromatic N) is 2. The highest BCUT2D eigenvalue weighted by Gasteiger charge is 2.36. The average molecular weight is 402 g/mol. The van der Waals surface area contributed by atoms with Gasteiger partial charge in [0.05, 0.1) is 12.5 Å². The SMILES string of the molecule is CCOc1cccc([C@H]2C(C#N)=C(N)Oc3n[nH]c(C)c32)c1OCc1ccccc1. The second-order valence-corrected chi connectivity index (χ2v) is 6.87. The summed E-state index contributed by atoms with van der Waals surface area (Å²) in [6.45, 7) is 4.64. The molecular weight excluding hydrogens is 380 g/mol. The number of rotatable bonds is 6. The molecule has 1 aromatic heterocycles. The Morgan fingerprint density at radius 3 is 2.70 bits per heavy atom. The fraction of sp³-hybridized carbons (Fsp3) is 0.217. The first-order chi connectivity index (χ1) is 14.6. The van der Waals surface area contributed by atoms with Crippen LogP contribution in [0.15, 0.2) is 60.0 Å². The fourth-order valence-corrected chi connectivity index (χ4v) is 3.62. The minimum atomic E-state index is -0.483. The van der Waals surface area contributed by atoms with Gasteiger partial charge in [0.1, 0.15) is 18.2 Å². The Kier molecular flexibility index (Phi) is 5.31. The van der Waals surface area contributed by atoms with Crippen molar-refractivity contribution in [3.63, 3.8) is 0 Å². The van der Waals surface area contributed by atoms with Crippen LogP contribution >= 0.6 is 0 Å². The molecule has 152 valence electrons. The first-order valence-corrected chi connectivity index (χ1v) is 9.68. The van der Waals surface area contributed by atoms with Crippen molar-refractivity contribution in [2.45, 2.75) is 26.4 Å². The summed E-state index contributed by atoms with van der Waals surface area (Å²) in [5.41, 5.74) is 9.73. The Hall–Kier alpha value is -3.92. The van der Waals surface area contributed by atoms with Crippen molar-refractivity contribution in [3.05, 3.63) is 82.4 Å². The molecule has 1 atom stereocenters. The molecular formula is C23H22N4O3. The normalized spacial score (nSPS) is 15.2. The van der Waals surface area contributed by atoms with Gasteiger partial charge in [0.25, 0.3) is 0 Å². The molecule has 0 saturated heterocycles. The summed E-state index contributed by atoms with van der Waals surface area (Å²) >= 11 is 0. The molecule has 1 aliphatic rings. The third kappa shape index (κ3) is 3.44. The van der Waals surface area contributed by atoms with E-state index in [1.165, 1.54) is 0 Å². The van der Waals surface area contributed by atoms with Gasteiger partial charge >= 0.3 is 0 Å². The van der Waals surface area contributed by atoms with Crippen molar-refractivity contribution in [3.8, 4) is 23.4 Å². The van der Waals surface area contributed by atoms with Gasteiger partial charge in [0.15, 0.2) is 11.5 Å². The van der Waals surface area contributed by atoms with E-state index in [-0.39, 0.29) is 5.88 Å². The molecule has 30 heavy (non-hydrogen) atoms. The molecule has 2 aromatic carbocycles. The molecule has 3 N–H and O–H groups in total. The van der Waals surface area contributed by atoms with Gasteiger partial charge in [0.2, 0.25) is 11.8 Å². The summed E-state index contributed by atoms with van der Waals surface area (Å²) in [5.74, 6) is 1.10. The molecule has 0 spiro atoms. The van der Waals surface area contributed by atoms with Crippen molar-refractivity contribution in [1.29, 1.82) is 5.26 Å². The molecule has 0 radical (unpaired) electrons. The van der Waals surface area contributed by atoms with Crippen LogP contribution in [0.5, 0.6) is 17.4 Å². The highest BCUT2D eigenvalue weighted by atomic mass is 16.5. The number of para-hydroxylation sites is 1. The maximum Gasteiger partial charge on any atom is 0.244 e. The van der Waals surface area contributed by atoms with Gasteiger partial charge in [-0.25, -0.2) is 0 Å². The number of ether oxygens (including phenoxy) is 3. The van der Waals surface area contributed by atoms with Gasteiger partial charge in [-0.3, -0.25) is 5.10 Å². The van der Waals surface area contributed by atoms with Crippen molar-refractivity contribution in [2.75, 3.05) is 6.61 Å². The van der Waals surface area contributed by atoms with Crippen LogP contribution in [0.3, 0.4) is 0 Å². The Balaban J connectivity index is 1.84. The topological polar surface area (TPSA) is 106 Å². The summed E-state index contributed by atoms with van der Waals surface area (Å²) in [6, 6.07) is 17.7. The number of fused-ring (bicyclic) bond motifs is 1. The quantitative estimate of drug-likeness (QED) is 0.647. The number of nitrogens with two attached hydrogens (primary N) is 1. The van der Waals surface area contributed by atoms with E-state index >= 15 is 0 Å². The van der Waals surface area contributed by atoms with Crippen LogP contribution in [0.2, 0.25) is 0 Å². The fourth-order valence-electron chi connectivity index (χ4n) is 3.62. The number of aryl methyl sites for hydroxylation is 1. The van der Waals surface area contributed by atoms with Gasteiger partial charge in [-0.1, -0.05) is 42.5 Å². The average Bonchev–Trinajstić information content (AvgIpc) is 3.12. The number of aromatic nitrogens is 2. The molecule has 2 heterocycles. The lowest BCUT2D eigenvalue weighted by atomic mass is 9.83. The molecule has 0 bridgehead atoms. The van der Waals surface area contributed by atoms with E-state index in [2.05, 4.69) is 16.3 Å². The largest absolute Gasteiger partial charge is 0.490 e. The van der Waals surface area contributed by atoms with Crippen LogP contribution in [-0.4, -0.2) is 16.8 Å². The lowest BCUT2D eigenvalue weighted by Crippen LogP contribution is -2.21. The Labute approximate surface area is 174 Å². The third-order valence-corrected chi connectivity index (χ3v) is 4.98. The van der Waals surface area contributed by atoms with Gasteiger partial charge < -0.3 is 19.9 Å². The number of nitriles is 1.